The minimum atomic E-state index is -1.12. The quantitative estimate of drug-likeness (QED) is 0.615. The SMILES string of the molecule is O=NC(=CCl)CC(=O)O. The van der Waals surface area contributed by atoms with Crippen LogP contribution in [0.3, 0.4) is 0 Å². The van der Waals surface area contributed by atoms with Crippen molar-refractivity contribution in [1.29, 1.82) is 0 Å². The van der Waals surface area contributed by atoms with E-state index >= 15 is 0 Å². The van der Waals surface area contributed by atoms with Crippen molar-refractivity contribution in [3.8, 4) is 0 Å². The second kappa shape index (κ2) is 4.03. The summed E-state index contributed by atoms with van der Waals surface area (Å²) in [4.78, 5) is 19.4. The van der Waals surface area contributed by atoms with E-state index in [4.69, 9.17) is 16.7 Å². The van der Waals surface area contributed by atoms with Gasteiger partial charge in [0.1, 0.15) is 5.70 Å². The van der Waals surface area contributed by atoms with E-state index in [0.29, 0.717) is 0 Å². The number of hydrogen-bond acceptors (Lipinski definition) is 3. The van der Waals surface area contributed by atoms with Gasteiger partial charge in [-0.2, -0.15) is 0 Å². The first-order valence-corrected chi connectivity index (χ1v) is 2.48. The lowest BCUT2D eigenvalue weighted by Crippen LogP contribution is -1.94. The molecular weight excluding hydrogens is 146 g/mol. The van der Waals surface area contributed by atoms with Crippen LogP contribution in [0.2, 0.25) is 0 Å². The fourth-order valence-electron chi connectivity index (χ4n) is 0.246. The Morgan fingerprint density at radius 3 is 2.44 bits per heavy atom. The number of halogens is 1. The fraction of sp³-hybridized carbons (Fsp3) is 0.250. The lowest BCUT2D eigenvalue weighted by Gasteiger charge is -1.86. The number of carboxylic acids is 1. The number of nitrogens with zero attached hydrogens (tertiary/aromatic N) is 1. The molecule has 0 fully saturated rings. The molecule has 0 aromatic heterocycles. The third kappa shape index (κ3) is 3.66. The van der Waals surface area contributed by atoms with Gasteiger partial charge in [0.15, 0.2) is 0 Å². The molecule has 0 heterocycles. The van der Waals surface area contributed by atoms with Crippen molar-refractivity contribution in [1.82, 2.24) is 0 Å². The molecule has 0 atom stereocenters. The van der Waals surface area contributed by atoms with Crippen LogP contribution in [0.1, 0.15) is 6.42 Å². The molecule has 0 spiro atoms. The summed E-state index contributed by atoms with van der Waals surface area (Å²) in [5, 5.41) is 10.4. The van der Waals surface area contributed by atoms with E-state index in [1.54, 1.807) is 0 Å². The smallest absolute Gasteiger partial charge is 0.309 e. The summed E-state index contributed by atoms with van der Waals surface area (Å²) in [6.07, 6.45) is -0.424. The summed E-state index contributed by atoms with van der Waals surface area (Å²) < 4.78 is 0. The van der Waals surface area contributed by atoms with E-state index in [2.05, 4.69) is 5.18 Å². The molecule has 0 rings (SSSR count). The molecule has 9 heavy (non-hydrogen) atoms. The molecule has 50 valence electrons. The third-order valence-electron chi connectivity index (χ3n) is 0.576. The summed E-state index contributed by atoms with van der Waals surface area (Å²) in [6, 6.07) is 0. The molecule has 0 unspecified atom stereocenters. The summed E-state index contributed by atoms with van der Waals surface area (Å²) in [5.41, 5.74) is 0.672. The van der Waals surface area contributed by atoms with Crippen molar-refractivity contribution in [3.63, 3.8) is 0 Å². The van der Waals surface area contributed by atoms with Crippen molar-refractivity contribution in [3.05, 3.63) is 16.1 Å². The maximum Gasteiger partial charge on any atom is 0.309 e. The minimum absolute atomic E-state index is 0.177. The highest BCUT2D eigenvalue weighted by Gasteiger charge is 2.01. The Labute approximate surface area is 56.1 Å². The molecule has 0 aliphatic carbocycles. The average Bonchev–Trinajstić information content (AvgIpc) is 1.82. The number of nitroso groups, excluding NO2 is 1. The Morgan fingerprint density at radius 1 is 1.78 bits per heavy atom. The molecule has 0 bridgehead atoms. The van der Waals surface area contributed by atoms with Crippen LogP contribution in [0.5, 0.6) is 0 Å². The molecule has 1 N–H and O–H groups in total. The Hall–Kier alpha value is -0.900. The van der Waals surface area contributed by atoms with Crippen LogP contribution in [0.4, 0.5) is 0 Å². The van der Waals surface area contributed by atoms with Gasteiger partial charge >= 0.3 is 5.97 Å². The van der Waals surface area contributed by atoms with Crippen LogP contribution in [-0.4, -0.2) is 11.1 Å². The minimum Gasteiger partial charge on any atom is -0.481 e. The number of carbonyl (C=O) groups is 1. The Morgan fingerprint density at radius 2 is 2.33 bits per heavy atom. The Bertz CT molecular complexity index is 154. The molecule has 0 saturated heterocycles. The molecule has 0 aromatic rings. The van der Waals surface area contributed by atoms with Gasteiger partial charge in [0.25, 0.3) is 0 Å². The number of hydrogen-bond donors (Lipinski definition) is 1. The van der Waals surface area contributed by atoms with E-state index in [9.17, 15) is 9.70 Å². The summed E-state index contributed by atoms with van der Waals surface area (Å²) >= 11 is 4.99. The molecule has 0 radical (unpaired) electrons. The number of aliphatic carboxylic acids is 1. The molecule has 0 amide bonds. The molecular formula is C4H4ClNO3. The maximum atomic E-state index is 9.83. The van der Waals surface area contributed by atoms with Gasteiger partial charge in [-0.05, 0) is 5.18 Å². The van der Waals surface area contributed by atoms with Crippen LogP contribution >= 0.6 is 11.6 Å². The zero-order chi connectivity index (χ0) is 7.28. The normalized spacial score (nSPS) is 11.0. The van der Waals surface area contributed by atoms with Crippen molar-refractivity contribution in [2.45, 2.75) is 6.42 Å². The van der Waals surface area contributed by atoms with Crippen LogP contribution in [-0.2, 0) is 4.79 Å². The lowest BCUT2D eigenvalue weighted by atomic mass is 10.4. The van der Waals surface area contributed by atoms with Gasteiger partial charge < -0.3 is 5.11 Å². The number of rotatable bonds is 3. The predicted octanol–water partition coefficient (Wildman–Crippen LogP) is 1.31. The first-order chi connectivity index (χ1) is 4.20. The third-order valence-corrected chi connectivity index (χ3v) is 0.827. The van der Waals surface area contributed by atoms with E-state index in [1.807, 2.05) is 0 Å². The molecule has 4 nitrogen and oxygen atoms in total. The van der Waals surface area contributed by atoms with Crippen LogP contribution < -0.4 is 0 Å². The highest BCUT2D eigenvalue weighted by Crippen LogP contribution is 2.03. The molecule has 5 heteroatoms. The monoisotopic (exact) mass is 149 g/mol. The Kier molecular flexibility index (Phi) is 3.62. The van der Waals surface area contributed by atoms with Gasteiger partial charge in [0, 0.05) is 5.54 Å². The zero-order valence-electron chi connectivity index (χ0n) is 4.37. The van der Waals surface area contributed by atoms with Crippen molar-refractivity contribution in [2.24, 2.45) is 5.18 Å². The molecule has 0 aromatic carbocycles. The Balaban J connectivity index is 3.86. The largest absolute Gasteiger partial charge is 0.481 e. The molecule has 0 aliphatic rings. The first-order valence-electron chi connectivity index (χ1n) is 2.05. The van der Waals surface area contributed by atoms with Crippen LogP contribution in [0.25, 0.3) is 0 Å². The van der Waals surface area contributed by atoms with Gasteiger partial charge in [0.05, 0.1) is 6.42 Å². The van der Waals surface area contributed by atoms with Gasteiger partial charge in [-0.1, -0.05) is 11.6 Å². The molecule has 0 aliphatic heterocycles. The van der Waals surface area contributed by atoms with Crippen molar-refractivity contribution >= 4 is 17.6 Å². The van der Waals surface area contributed by atoms with Gasteiger partial charge in [-0.15, -0.1) is 4.91 Å². The van der Waals surface area contributed by atoms with E-state index in [-0.39, 0.29) is 5.70 Å². The number of carboxylic acid groups (broad SMARTS) is 1. The summed E-state index contributed by atoms with van der Waals surface area (Å²) in [5.74, 6) is -1.12. The molecule has 0 saturated carbocycles. The van der Waals surface area contributed by atoms with Crippen LogP contribution in [0, 0.1) is 4.91 Å². The standard InChI is InChI=1S/C4H4ClNO3/c5-2-3(6-9)1-4(7)8/h2H,1H2,(H,7,8). The summed E-state index contributed by atoms with van der Waals surface area (Å²) in [7, 11) is 0. The van der Waals surface area contributed by atoms with Gasteiger partial charge in [-0.25, -0.2) is 0 Å². The van der Waals surface area contributed by atoms with Gasteiger partial charge in [-0.3, -0.25) is 4.79 Å². The summed E-state index contributed by atoms with van der Waals surface area (Å²) in [6.45, 7) is 0. The maximum absolute atomic E-state index is 9.83. The van der Waals surface area contributed by atoms with Gasteiger partial charge in [0.2, 0.25) is 0 Å². The van der Waals surface area contributed by atoms with E-state index in [1.165, 1.54) is 0 Å². The van der Waals surface area contributed by atoms with Crippen molar-refractivity contribution < 1.29 is 9.90 Å². The fourth-order valence-corrected chi connectivity index (χ4v) is 0.363. The first kappa shape index (κ1) is 8.10. The van der Waals surface area contributed by atoms with Crippen molar-refractivity contribution in [2.75, 3.05) is 0 Å². The average molecular weight is 150 g/mol. The second-order valence-corrected chi connectivity index (χ2v) is 1.48. The topological polar surface area (TPSA) is 66.7 Å². The van der Waals surface area contributed by atoms with E-state index < -0.39 is 12.4 Å². The lowest BCUT2D eigenvalue weighted by molar-refractivity contribution is -0.136. The van der Waals surface area contributed by atoms with E-state index in [0.717, 1.165) is 5.54 Å². The van der Waals surface area contributed by atoms with Crippen LogP contribution in [0.15, 0.2) is 16.4 Å². The highest BCUT2D eigenvalue weighted by atomic mass is 35.5. The second-order valence-electron chi connectivity index (χ2n) is 1.26. The zero-order valence-corrected chi connectivity index (χ0v) is 5.13. The highest BCUT2D eigenvalue weighted by molar-refractivity contribution is 6.25. The predicted molar refractivity (Wildman–Crippen MR) is 32.0 cm³/mol.